The summed E-state index contributed by atoms with van der Waals surface area (Å²) in [6.07, 6.45) is 2.28. The van der Waals surface area contributed by atoms with E-state index in [1.54, 1.807) is 0 Å². The number of rotatable bonds is 5. The van der Waals surface area contributed by atoms with Gasteiger partial charge in [-0.25, -0.2) is 8.78 Å². The van der Waals surface area contributed by atoms with Gasteiger partial charge in [-0.05, 0) is 54.7 Å². The summed E-state index contributed by atoms with van der Waals surface area (Å²) in [6.45, 7) is 4.42. The number of carbonyl (C=O) groups excluding carboxylic acids is 3. The number of piperidine rings is 1. The lowest BCUT2D eigenvalue weighted by Crippen LogP contribution is -2.52. The molecule has 0 radical (unpaired) electrons. The number of hydrogen-bond acceptors (Lipinski definition) is 4. The summed E-state index contributed by atoms with van der Waals surface area (Å²) in [5, 5.41) is 12.3. The summed E-state index contributed by atoms with van der Waals surface area (Å²) in [4.78, 5) is 42.8. The molecule has 2 aliphatic carbocycles. The largest absolute Gasteiger partial charge is 0.348 e. The number of carbonyl (C=O) groups is 3. The van der Waals surface area contributed by atoms with Crippen LogP contribution in [0.3, 0.4) is 0 Å². The highest BCUT2D eigenvalue weighted by Crippen LogP contribution is 2.65. The van der Waals surface area contributed by atoms with E-state index in [4.69, 9.17) is 0 Å². The second-order valence-electron chi connectivity index (χ2n) is 10.3. The smallest absolute Gasteiger partial charge is 0.271 e. The summed E-state index contributed by atoms with van der Waals surface area (Å²) >= 11 is 0. The Morgan fingerprint density at radius 3 is 2.71 bits per heavy atom. The van der Waals surface area contributed by atoms with Gasteiger partial charge < -0.3 is 15.2 Å². The van der Waals surface area contributed by atoms with Crippen molar-refractivity contribution in [2.75, 3.05) is 6.54 Å². The number of benzene rings is 1. The lowest BCUT2D eigenvalue weighted by atomic mass is 9.96. The first-order chi connectivity index (χ1) is 16.1. The number of amides is 2. The van der Waals surface area contributed by atoms with Crippen molar-refractivity contribution in [2.24, 2.45) is 23.2 Å². The van der Waals surface area contributed by atoms with Crippen LogP contribution in [0, 0.1) is 46.1 Å². The molecule has 3 aliphatic rings. The molecular formula is C25H26F2N4O3. The molecule has 7 nitrogen and oxygen atoms in total. The van der Waals surface area contributed by atoms with Crippen molar-refractivity contribution in [3.8, 4) is 6.07 Å². The molecule has 5 atom stereocenters. The Labute approximate surface area is 195 Å². The van der Waals surface area contributed by atoms with Crippen molar-refractivity contribution < 1.29 is 23.2 Å². The number of nitriles is 1. The molecule has 178 valence electrons. The number of nitrogens with one attached hydrogen (secondary N) is 2. The molecule has 1 aromatic carbocycles. The van der Waals surface area contributed by atoms with Crippen LogP contribution in [0.5, 0.6) is 0 Å². The maximum atomic E-state index is 14.1. The fourth-order valence-electron chi connectivity index (χ4n) is 6.04. The predicted octanol–water partition coefficient (Wildman–Crippen LogP) is 3.31. The molecule has 2 aromatic rings. The van der Waals surface area contributed by atoms with Crippen LogP contribution in [0.25, 0.3) is 10.9 Å². The van der Waals surface area contributed by atoms with E-state index in [0.717, 1.165) is 18.6 Å². The molecular weight excluding hydrogens is 442 g/mol. The van der Waals surface area contributed by atoms with E-state index in [9.17, 15) is 28.4 Å². The monoisotopic (exact) mass is 468 g/mol. The van der Waals surface area contributed by atoms with Crippen molar-refractivity contribution in [2.45, 2.75) is 51.6 Å². The van der Waals surface area contributed by atoms with E-state index in [1.165, 1.54) is 11.0 Å². The van der Waals surface area contributed by atoms with Gasteiger partial charge in [-0.2, -0.15) is 5.26 Å². The van der Waals surface area contributed by atoms with Crippen LogP contribution in [-0.2, 0) is 9.59 Å². The molecule has 1 unspecified atom stereocenters. The van der Waals surface area contributed by atoms with Crippen LogP contribution in [0.15, 0.2) is 18.2 Å². The Hall–Kier alpha value is -3.28. The first-order valence-electron chi connectivity index (χ1n) is 11.6. The second kappa shape index (κ2) is 7.90. The topological polar surface area (TPSA) is 106 Å². The average molecular weight is 469 g/mol. The lowest BCUT2D eigenvalue weighted by Gasteiger charge is -2.30. The normalized spacial score (nSPS) is 28.0. The highest BCUT2D eigenvalue weighted by Gasteiger charge is 2.69. The van der Waals surface area contributed by atoms with Crippen molar-refractivity contribution in [1.29, 1.82) is 5.26 Å². The summed E-state index contributed by atoms with van der Waals surface area (Å²) in [5.74, 6) is -2.35. The highest BCUT2D eigenvalue weighted by molar-refractivity contribution is 6.01. The first kappa shape index (κ1) is 22.5. The summed E-state index contributed by atoms with van der Waals surface area (Å²) in [6, 6.07) is 3.71. The molecule has 2 saturated carbocycles. The Balaban J connectivity index is 1.38. The van der Waals surface area contributed by atoms with Crippen LogP contribution < -0.4 is 5.32 Å². The third-order valence-corrected chi connectivity index (χ3v) is 8.08. The highest BCUT2D eigenvalue weighted by atomic mass is 19.1. The SMILES string of the molecule is CC1(C)[C@@H]2[C@@H](C(=O)N[C@H](C#N)CC3CCCC3=O)N(C(=O)c3cc4c(F)ccc(F)c4[nH]3)C[C@@H]21. The third-order valence-electron chi connectivity index (χ3n) is 8.08. The lowest BCUT2D eigenvalue weighted by molar-refractivity contribution is -0.127. The molecule has 5 rings (SSSR count). The Bertz CT molecular complexity index is 1210. The van der Waals surface area contributed by atoms with E-state index in [-0.39, 0.29) is 52.0 Å². The molecule has 2 amide bonds. The number of H-pyrrole nitrogens is 1. The number of likely N-dealkylation sites (tertiary alicyclic amines) is 1. The Kier molecular flexibility index (Phi) is 5.23. The first-order valence-corrected chi connectivity index (χ1v) is 11.6. The zero-order valence-electron chi connectivity index (χ0n) is 19.0. The van der Waals surface area contributed by atoms with E-state index in [0.29, 0.717) is 19.4 Å². The van der Waals surface area contributed by atoms with Gasteiger partial charge in [0.15, 0.2) is 0 Å². The van der Waals surface area contributed by atoms with E-state index in [2.05, 4.69) is 16.4 Å². The van der Waals surface area contributed by atoms with Gasteiger partial charge >= 0.3 is 0 Å². The van der Waals surface area contributed by atoms with Gasteiger partial charge in [0.2, 0.25) is 5.91 Å². The number of fused-ring (bicyclic) bond motifs is 2. The molecule has 0 spiro atoms. The van der Waals surface area contributed by atoms with Crippen LogP contribution in [0.1, 0.15) is 50.0 Å². The molecule has 2 heterocycles. The Morgan fingerprint density at radius 2 is 2.06 bits per heavy atom. The van der Waals surface area contributed by atoms with Gasteiger partial charge in [0.25, 0.3) is 5.91 Å². The number of Topliss-reactive ketones (excluding diaryl/α,β-unsaturated/α-hetero) is 1. The number of aromatic amines is 1. The van der Waals surface area contributed by atoms with Gasteiger partial charge in [0, 0.05) is 24.3 Å². The van der Waals surface area contributed by atoms with Crippen LogP contribution in [-0.4, -0.2) is 46.1 Å². The zero-order valence-corrected chi connectivity index (χ0v) is 19.0. The molecule has 1 saturated heterocycles. The number of halogens is 2. The predicted molar refractivity (Wildman–Crippen MR) is 118 cm³/mol. The molecule has 3 fully saturated rings. The van der Waals surface area contributed by atoms with E-state index in [1.807, 2.05) is 13.8 Å². The number of aromatic nitrogens is 1. The number of hydrogen-bond donors (Lipinski definition) is 2. The Morgan fingerprint density at radius 1 is 1.32 bits per heavy atom. The third kappa shape index (κ3) is 3.47. The van der Waals surface area contributed by atoms with Crippen molar-refractivity contribution >= 4 is 28.5 Å². The second-order valence-corrected chi connectivity index (χ2v) is 10.3. The van der Waals surface area contributed by atoms with Gasteiger partial charge in [-0.3, -0.25) is 14.4 Å². The minimum atomic E-state index is -0.825. The van der Waals surface area contributed by atoms with Crippen molar-refractivity contribution in [3.05, 3.63) is 35.5 Å². The molecule has 0 bridgehead atoms. The zero-order chi connectivity index (χ0) is 24.4. The summed E-state index contributed by atoms with van der Waals surface area (Å²) in [5.41, 5.74) is -0.231. The fourth-order valence-corrected chi connectivity index (χ4v) is 6.04. The molecule has 2 N–H and O–H groups in total. The minimum Gasteiger partial charge on any atom is -0.348 e. The number of ketones is 1. The maximum Gasteiger partial charge on any atom is 0.271 e. The van der Waals surface area contributed by atoms with Crippen molar-refractivity contribution in [3.63, 3.8) is 0 Å². The summed E-state index contributed by atoms with van der Waals surface area (Å²) < 4.78 is 28.3. The molecule has 1 aromatic heterocycles. The van der Waals surface area contributed by atoms with Gasteiger partial charge in [-0.15, -0.1) is 0 Å². The van der Waals surface area contributed by atoms with Crippen molar-refractivity contribution in [1.82, 2.24) is 15.2 Å². The number of nitrogens with zero attached hydrogens (tertiary/aromatic N) is 2. The van der Waals surface area contributed by atoms with Crippen LogP contribution in [0.4, 0.5) is 8.78 Å². The minimum absolute atomic E-state index is 0.00397. The van der Waals surface area contributed by atoms with Crippen LogP contribution >= 0.6 is 0 Å². The van der Waals surface area contributed by atoms with Gasteiger partial charge in [0.1, 0.15) is 35.2 Å². The molecule has 9 heteroatoms. The van der Waals surface area contributed by atoms with E-state index < -0.39 is 35.5 Å². The molecule has 34 heavy (non-hydrogen) atoms. The average Bonchev–Trinajstić information content (AvgIpc) is 3.32. The fraction of sp³-hybridized carbons (Fsp3) is 0.520. The van der Waals surface area contributed by atoms with E-state index >= 15 is 0 Å². The van der Waals surface area contributed by atoms with Gasteiger partial charge in [0.05, 0.1) is 11.6 Å². The van der Waals surface area contributed by atoms with Gasteiger partial charge in [-0.1, -0.05) is 13.8 Å². The maximum absolute atomic E-state index is 14.1. The summed E-state index contributed by atoms with van der Waals surface area (Å²) in [7, 11) is 0. The molecule has 1 aliphatic heterocycles. The quantitative estimate of drug-likeness (QED) is 0.702. The standard InChI is InChI=1S/C25H26F2N4O3/c1-25(2)15-11-31(24(34)18-9-14-16(26)6-7-17(27)21(14)30-18)22(20(15)25)23(33)29-13(10-28)8-12-4-3-5-19(12)32/h6-7,9,12-13,15,20,22,30H,3-5,8,11H2,1-2H3,(H,29,33)/t12?,13-,15-,20-,22-/m0/s1. The van der Waals surface area contributed by atoms with Crippen LogP contribution in [0.2, 0.25) is 0 Å².